The second-order valence-electron chi connectivity index (χ2n) is 2.98. The van der Waals surface area contributed by atoms with Crippen molar-refractivity contribution >= 4 is 23.1 Å². The van der Waals surface area contributed by atoms with Crippen molar-refractivity contribution in [2.45, 2.75) is 4.90 Å². The lowest BCUT2D eigenvalue weighted by Gasteiger charge is -1.96. The van der Waals surface area contributed by atoms with Gasteiger partial charge in [0, 0.05) is 11.3 Å². The van der Waals surface area contributed by atoms with E-state index in [1.165, 1.54) is 0 Å². The Bertz CT molecular complexity index is 560. The molecule has 1 unspecified atom stereocenters. The van der Waals surface area contributed by atoms with Gasteiger partial charge < -0.3 is 0 Å². The van der Waals surface area contributed by atoms with E-state index in [1.54, 1.807) is 6.21 Å². The number of fused-ring (bicyclic) bond motifs is 3. The maximum absolute atomic E-state index is 11.6. The predicted octanol–water partition coefficient (Wildman–Crippen LogP) is -0.445. The van der Waals surface area contributed by atoms with E-state index < -0.39 is 10.8 Å². The monoisotopic (exact) mass is 190 g/mol. The second-order valence-corrected chi connectivity index (χ2v) is 4.41. The fourth-order valence-corrected chi connectivity index (χ4v) is 2.94. The third-order valence-corrected chi connectivity index (χ3v) is 3.62. The second kappa shape index (κ2) is 2.35. The largest absolute Gasteiger partial charge is 0.254 e. The number of benzene rings is 1. The Morgan fingerprint density at radius 1 is 1.38 bits per heavy atom. The van der Waals surface area contributed by atoms with Crippen molar-refractivity contribution in [1.82, 2.24) is 0 Å². The molecule has 0 aliphatic carbocycles. The molecule has 4 heteroatoms. The van der Waals surface area contributed by atoms with Crippen LogP contribution in [0.15, 0.2) is 27.2 Å². The summed E-state index contributed by atoms with van der Waals surface area (Å²) in [7, 11) is -0.886. The lowest BCUT2D eigenvalue weighted by atomic mass is 10.2. The van der Waals surface area contributed by atoms with E-state index in [0.29, 0.717) is 5.75 Å². The number of rotatable bonds is 0. The molecule has 3 rings (SSSR count). The first-order valence-corrected chi connectivity index (χ1v) is 5.31. The average Bonchev–Trinajstić information content (AvgIpc) is 2.70. The van der Waals surface area contributed by atoms with Crippen molar-refractivity contribution in [2.24, 2.45) is 10.2 Å². The summed E-state index contributed by atoms with van der Waals surface area (Å²) in [6.45, 7) is 0. The van der Waals surface area contributed by atoms with Gasteiger partial charge in [-0.05, 0) is 11.3 Å². The van der Waals surface area contributed by atoms with E-state index in [0.717, 1.165) is 21.0 Å². The van der Waals surface area contributed by atoms with Crippen LogP contribution in [0.25, 0.3) is 6.08 Å². The molecular formula is C9H6N2OS. The van der Waals surface area contributed by atoms with Crippen LogP contribution in [0.4, 0.5) is 0 Å². The van der Waals surface area contributed by atoms with Crippen LogP contribution in [0.3, 0.4) is 0 Å². The quantitative estimate of drug-likeness (QED) is 0.546. The fraction of sp³-hybridized carbons (Fsp3) is 0.111. The summed E-state index contributed by atoms with van der Waals surface area (Å²) in [6.07, 6.45) is 3.68. The highest BCUT2D eigenvalue weighted by Gasteiger charge is 2.17. The minimum atomic E-state index is -0.886. The van der Waals surface area contributed by atoms with Gasteiger partial charge in [0.2, 0.25) is 0 Å². The van der Waals surface area contributed by atoms with Gasteiger partial charge in [0.05, 0.1) is 27.3 Å². The molecule has 2 aliphatic rings. The molecule has 0 saturated carbocycles. The molecule has 1 atom stereocenters. The van der Waals surface area contributed by atoms with Crippen LogP contribution in [0, 0.1) is 0 Å². The number of hydrogen-bond acceptors (Lipinski definition) is 3. The van der Waals surface area contributed by atoms with E-state index in [1.807, 2.05) is 18.2 Å². The smallest absolute Gasteiger partial charge is 0.0957 e. The van der Waals surface area contributed by atoms with Crippen molar-refractivity contribution < 1.29 is 4.21 Å². The van der Waals surface area contributed by atoms with Gasteiger partial charge in [0.15, 0.2) is 0 Å². The summed E-state index contributed by atoms with van der Waals surface area (Å²) >= 11 is 0. The van der Waals surface area contributed by atoms with E-state index in [4.69, 9.17) is 0 Å². The van der Waals surface area contributed by atoms with Gasteiger partial charge in [-0.2, -0.15) is 10.2 Å². The molecule has 0 aromatic heterocycles. The van der Waals surface area contributed by atoms with Gasteiger partial charge in [0.1, 0.15) is 0 Å². The Hall–Kier alpha value is -1.29. The highest BCUT2D eigenvalue weighted by molar-refractivity contribution is 7.85. The van der Waals surface area contributed by atoms with E-state index in [2.05, 4.69) is 10.2 Å². The molecule has 0 fully saturated rings. The molecule has 3 nitrogen and oxygen atoms in total. The van der Waals surface area contributed by atoms with Crippen LogP contribution >= 0.6 is 0 Å². The van der Waals surface area contributed by atoms with Gasteiger partial charge in [0.25, 0.3) is 0 Å². The van der Waals surface area contributed by atoms with Crippen molar-refractivity contribution in [3.63, 3.8) is 0 Å². The molecular weight excluding hydrogens is 184 g/mol. The van der Waals surface area contributed by atoms with Crippen molar-refractivity contribution in [3.8, 4) is 0 Å². The Balaban J connectivity index is 2.53. The molecule has 0 radical (unpaired) electrons. The minimum absolute atomic E-state index is 0.625. The van der Waals surface area contributed by atoms with Crippen LogP contribution in [0.2, 0.25) is 0 Å². The van der Waals surface area contributed by atoms with Gasteiger partial charge in [-0.15, -0.1) is 0 Å². The van der Waals surface area contributed by atoms with Gasteiger partial charge >= 0.3 is 0 Å². The first kappa shape index (κ1) is 7.15. The highest BCUT2D eigenvalue weighted by atomic mass is 32.2. The lowest BCUT2D eigenvalue weighted by Crippen LogP contribution is -2.16. The van der Waals surface area contributed by atoms with E-state index in [9.17, 15) is 4.21 Å². The van der Waals surface area contributed by atoms with Crippen LogP contribution in [-0.2, 0) is 10.8 Å². The Labute approximate surface area is 77.0 Å². The first-order valence-electron chi connectivity index (χ1n) is 3.99. The summed E-state index contributed by atoms with van der Waals surface area (Å²) in [5.74, 6) is 0.625. The van der Waals surface area contributed by atoms with Gasteiger partial charge in [-0.3, -0.25) is 4.21 Å². The molecule has 2 heterocycles. The van der Waals surface area contributed by atoms with E-state index in [-0.39, 0.29) is 0 Å². The Kier molecular flexibility index (Phi) is 1.29. The minimum Gasteiger partial charge on any atom is -0.254 e. The molecule has 0 bridgehead atoms. The third-order valence-electron chi connectivity index (χ3n) is 2.24. The molecule has 1 aromatic carbocycles. The van der Waals surface area contributed by atoms with Crippen LogP contribution in [0.1, 0.15) is 5.56 Å². The molecule has 0 amide bonds. The Morgan fingerprint density at radius 2 is 2.31 bits per heavy atom. The SMILES string of the molecule is O=S1CC=c2ccc3c(c21)C=NN=3. The molecule has 0 saturated heterocycles. The molecule has 0 N–H and O–H groups in total. The van der Waals surface area contributed by atoms with Crippen LogP contribution in [-0.4, -0.2) is 16.2 Å². The summed E-state index contributed by atoms with van der Waals surface area (Å²) in [4.78, 5) is 0.905. The third kappa shape index (κ3) is 0.862. The highest BCUT2D eigenvalue weighted by Crippen LogP contribution is 2.10. The molecule has 13 heavy (non-hydrogen) atoms. The van der Waals surface area contributed by atoms with Crippen molar-refractivity contribution in [1.29, 1.82) is 0 Å². The first-order chi connectivity index (χ1) is 6.36. The van der Waals surface area contributed by atoms with Gasteiger partial charge in [-0.25, -0.2) is 0 Å². The lowest BCUT2D eigenvalue weighted by molar-refractivity contribution is 0.686. The standard InChI is InChI=1S/C9H6N2OS/c12-13-4-3-6-1-2-8-7(9(6)13)5-10-11-8/h1-3,5H,4H2. The summed E-state index contributed by atoms with van der Waals surface area (Å²) in [6, 6.07) is 3.87. The number of hydrogen-bond donors (Lipinski definition) is 0. The molecule has 1 aromatic rings. The summed E-state index contributed by atoms with van der Waals surface area (Å²) in [5, 5.41) is 9.65. The Morgan fingerprint density at radius 3 is 3.23 bits per heavy atom. The zero-order chi connectivity index (χ0) is 8.84. The summed E-state index contributed by atoms with van der Waals surface area (Å²) < 4.78 is 11.6. The van der Waals surface area contributed by atoms with E-state index >= 15 is 0 Å². The van der Waals surface area contributed by atoms with Crippen molar-refractivity contribution in [2.75, 3.05) is 5.75 Å². The van der Waals surface area contributed by atoms with Crippen molar-refractivity contribution in [3.05, 3.63) is 28.3 Å². The fourth-order valence-electron chi connectivity index (χ4n) is 1.63. The zero-order valence-electron chi connectivity index (χ0n) is 6.73. The molecule has 0 spiro atoms. The maximum atomic E-state index is 11.6. The molecule has 2 aliphatic heterocycles. The van der Waals surface area contributed by atoms with Crippen LogP contribution < -0.4 is 10.6 Å². The average molecular weight is 190 g/mol. The normalized spacial score (nSPS) is 22.0. The predicted molar refractivity (Wildman–Crippen MR) is 50.6 cm³/mol. The van der Waals surface area contributed by atoms with Crippen LogP contribution in [0.5, 0.6) is 0 Å². The zero-order valence-corrected chi connectivity index (χ0v) is 7.54. The topological polar surface area (TPSA) is 41.8 Å². The molecule has 64 valence electrons. The maximum Gasteiger partial charge on any atom is 0.0957 e. The summed E-state index contributed by atoms with van der Waals surface area (Å²) in [5.41, 5.74) is 0.935. The van der Waals surface area contributed by atoms with Gasteiger partial charge in [-0.1, -0.05) is 12.1 Å². The number of nitrogens with zero attached hydrogens (tertiary/aromatic N) is 2.